The molecular weight excluding hydrogens is 316 g/mol. The second-order valence-corrected chi connectivity index (χ2v) is 5.63. The van der Waals surface area contributed by atoms with Crippen LogP contribution in [0.15, 0.2) is 60.9 Å². The van der Waals surface area contributed by atoms with E-state index >= 15 is 0 Å². The molecule has 4 aromatic rings. The predicted molar refractivity (Wildman–Crippen MR) is 96.0 cm³/mol. The van der Waals surface area contributed by atoms with E-state index in [1.165, 1.54) is 0 Å². The Labute approximate surface area is 143 Å². The summed E-state index contributed by atoms with van der Waals surface area (Å²) in [6, 6.07) is 15.2. The predicted octanol–water partition coefficient (Wildman–Crippen LogP) is 4.16. The van der Waals surface area contributed by atoms with E-state index in [4.69, 9.17) is 4.74 Å². The Balaban J connectivity index is 2.09. The molecule has 2 aromatic heterocycles. The van der Waals surface area contributed by atoms with Gasteiger partial charge < -0.3 is 9.84 Å². The number of carboxylic acids is 1. The zero-order valence-corrected chi connectivity index (χ0v) is 13.4. The van der Waals surface area contributed by atoms with Crippen molar-refractivity contribution in [3.05, 3.63) is 66.5 Å². The largest absolute Gasteiger partial charge is 0.496 e. The Morgan fingerprint density at radius 1 is 1.00 bits per heavy atom. The Morgan fingerprint density at radius 2 is 1.72 bits per heavy atom. The summed E-state index contributed by atoms with van der Waals surface area (Å²) in [7, 11) is 1.56. The summed E-state index contributed by atoms with van der Waals surface area (Å²) in [4.78, 5) is 20.6. The topological polar surface area (TPSA) is 72.3 Å². The van der Waals surface area contributed by atoms with Crippen LogP contribution in [0.3, 0.4) is 0 Å². The number of aromatic carboxylic acids is 1. The Morgan fingerprint density at radius 3 is 2.44 bits per heavy atom. The zero-order valence-electron chi connectivity index (χ0n) is 13.4. The van der Waals surface area contributed by atoms with Gasteiger partial charge in [0, 0.05) is 23.3 Å². The maximum Gasteiger partial charge on any atom is 0.340 e. The molecule has 0 fully saturated rings. The van der Waals surface area contributed by atoms with Crippen LogP contribution < -0.4 is 4.74 Å². The molecule has 0 aliphatic rings. The first-order valence-corrected chi connectivity index (χ1v) is 7.73. The maximum atomic E-state index is 12.0. The van der Waals surface area contributed by atoms with Crippen LogP contribution in [0.25, 0.3) is 32.9 Å². The lowest BCUT2D eigenvalue weighted by molar-refractivity contribution is 0.0699. The van der Waals surface area contributed by atoms with Gasteiger partial charge in [-0.25, -0.2) is 4.79 Å². The van der Waals surface area contributed by atoms with Gasteiger partial charge >= 0.3 is 5.97 Å². The second-order valence-electron chi connectivity index (χ2n) is 5.63. The van der Waals surface area contributed by atoms with Crippen molar-refractivity contribution in [3.8, 4) is 17.0 Å². The van der Waals surface area contributed by atoms with Gasteiger partial charge in [-0.2, -0.15) is 0 Å². The van der Waals surface area contributed by atoms with Crippen LogP contribution >= 0.6 is 0 Å². The minimum atomic E-state index is -1.07. The van der Waals surface area contributed by atoms with Crippen LogP contribution in [0.2, 0.25) is 0 Å². The van der Waals surface area contributed by atoms with E-state index in [0.29, 0.717) is 27.9 Å². The number of fused-ring (bicyclic) bond motifs is 2. The van der Waals surface area contributed by atoms with Crippen molar-refractivity contribution in [3.63, 3.8) is 0 Å². The van der Waals surface area contributed by atoms with Gasteiger partial charge in [0.05, 0.1) is 18.3 Å². The molecule has 0 saturated heterocycles. The maximum absolute atomic E-state index is 12.0. The highest BCUT2D eigenvalue weighted by Gasteiger charge is 2.21. The number of methoxy groups -OCH3 is 1. The molecule has 5 nitrogen and oxygen atoms in total. The van der Waals surface area contributed by atoms with E-state index in [1.807, 2.05) is 36.4 Å². The van der Waals surface area contributed by atoms with E-state index in [-0.39, 0.29) is 5.56 Å². The van der Waals surface area contributed by atoms with Crippen molar-refractivity contribution in [1.82, 2.24) is 9.97 Å². The minimum absolute atomic E-state index is 0.0756. The first-order valence-electron chi connectivity index (χ1n) is 7.73. The molecular formula is C20H14N2O3. The van der Waals surface area contributed by atoms with Gasteiger partial charge in [-0.15, -0.1) is 0 Å². The zero-order chi connectivity index (χ0) is 17.4. The molecule has 5 heteroatoms. The molecule has 0 aliphatic heterocycles. The third-order valence-electron chi connectivity index (χ3n) is 4.18. The molecule has 122 valence electrons. The monoisotopic (exact) mass is 330 g/mol. The summed E-state index contributed by atoms with van der Waals surface area (Å²) in [6.45, 7) is 0. The van der Waals surface area contributed by atoms with Gasteiger partial charge in [0.25, 0.3) is 0 Å². The SMILES string of the molecule is COc1cc2ccccc2cc1-c1ncc2cccnc2c1C(=O)O. The molecule has 0 unspecified atom stereocenters. The van der Waals surface area contributed by atoms with Crippen LogP contribution in [0.5, 0.6) is 5.75 Å². The fourth-order valence-corrected chi connectivity index (χ4v) is 3.02. The van der Waals surface area contributed by atoms with Gasteiger partial charge in [0.15, 0.2) is 0 Å². The standard InChI is InChI=1S/C20H14N2O3/c1-25-16-10-13-6-3-2-5-12(13)9-15(16)19-17(20(23)24)18-14(11-22-19)7-4-8-21-18/h2-11H,1H3,(H,23,24). The molecule has 0 saturated carbocycles. The van der Waals surface area contributed by atoms with Crippen LogP contribution in [-0.4, -0.2) is 28.2 Å². The van der Waals surface area contributed by atoms with Crippen molar-refractivity contribution in [2.24, 2.45) is 0 Å². The molecule has 2 aromatic carbocycles. The van der Waals surface area contributed by atoms with Gasteiger partial charge in [0.2, 0.25) is 0 Å². The smallest absolute Gasteiger partial charge is 0.340 e. The second kappa shape index (κ2) is 5.87. The summed E-state index contributed by atoms with van der Waals surface area (Å²) in [5, 5.41) is 12.5. The lowest BCUT2D eigenvalue weighted by Crippen LogP contribution is -2.05. The Bertz CT molecular complexity index is 1120. The molecule has 0 spiro atoms. The summed E-state index contributed by atoms with van der Waals surface area (Å²) in [5.41, 5.74) is 1.47. The lowest BCUT2D eigenvalue weighted by atomic mass is 9.99. The van der Waals surface area contributed by atoms with Crippen molar-refractivity contribution in [2.75, 3.05) is 7.11 Å². The average Bonchev–Trinajstić information content (AvgIpc) is 2.65. The van der Waals surface area contributed by atoms with E-state index in [1.54, 1.807) is 31.6 Å². The van der Waals surface area contributed by atoms with Crippen LogP contribution in [0.1, 0.15) is 10.4 Å². The highest BCUT2D eigenvalue weighted by atomic mass is 16.5. The number of carboxylic acid groups (broad SMARTS) is 1. The number of ether oxygens (including phenoxy) is 1. The van der Waals surface area contributed by atoms with Gasteiger partial charge in [-0.3, -0.25) is 9.97 Å². The molecule has 4 rings (SSSR count). The van der Waals surface area contributed by atoms with E-state index < -0.39 is 5.97 Å². The number of hydrogen-bond donors (Lipinski definition) is 1. The molecule has 0 atom stereocenters. The Kier molecular flexibility index (Phi) is 3.54. The highest BCUT2D eigenvalue weighted by molar-refractivity contribution is 6.07. The number of hydrogen-bond acceptors (Lipinski definition) is 4. The molecule has 0 aliphatic carbocycles. The number of nitrogens with zero attached hydrogens (tertiary/aromatic N) is 2. The van der Waals surface area contributed by atoms with Crippen molar-refractivity contribution in [1.29, 1.82) is 0 Å². The summed E-state index contributed by atoms with van der Waals surface area (Å²) >= 11 is 0. The highest BCUT2D eigenvalue weighted by Crippen LogP contribution is 2.36. The van der Waals surface area contributed by atoms with Crippen molar-refractivity contribution in [2.45, 2.75) is 0 Å². The van der Waals surface area contributed by atoms with Crippen LogP contribution in [0, 0.1) is 0 Å². The molecule has 25 heavy (non-hydrogen) atoms. The normalized spacial score (nSPS) is 10.9. The summed E-state index contributed by atoms with van der Waals surface area (Å²) in [5.74, 6) is -0.494. The first kappa shape index (κ1) is 15.1. The Hall–Kier alpha value is -3.47. The number of benzene rings is 2. The first-order chi connectivity index (χ1) is 12.2. The van der Waals surface area contributed by atoms with Gasteiger partial charge in [0.1, 0.15) is 11.3 Å². The number of rotatable bonds is 3. The number of carbonyl (C=O) groups is 1. The van der Waals surface area contributed by atoms with Crippen LogP contribution in [0.4, 0.5) is 0 Å². The van der Waals surface area contributed by atoms with Crippen LogP contribution in [-0.2, 0) is 0 Å². The molecule has 2 heterocycles. The van der Waals surface area contributed by atoms with Gasteiger partial charge in [-0.05, 0) is 35.0 Å². The fraction of sp³-hybridized carbons (Fsp3) is 0.0500. The number of pyridine rings is 2. The van der Waals surface area contributed by atoms with E-state index in [0.717, 1.165) is 10.8 Å². The third-order valence-corrected chi connectivity index (χ3v) is 4.18. The van der Waals surface area contributed by atoms with E-state index in [9.17, 15) is 9.90 Å². The molecule has 0 amide bonds. The molecule has 0 bridgehead atoms. The summed E-state index contributed by atoms with van der Waals surface area (Å²) in [6.07, 6.45) is 3.22. The molecule has 1 N–H and O–H groups in total. The third kappa shape index (κ3) is 2.46. The fourth-order valence-electron chi connectivity index (χ4n) is 3.02. The average molecular weight is 330 g/mol. The molecule has 0 radical (unpaired) electrons. The van der Waals surface area contributed by atoms with E-state index in [2.05, 4.69) is 9.97 Å². The lowest BCUT2D eigenvalue weighted by Gasteiger charge is -2.13. The van der Waals surface area contributed by atoms with Crippen molar-refractivity contribution < 1.29 is 14.6 Å². The van der Waals surface area contributed by atoms with Gasteiger partial charge in [-0.1, -0.05) is 24.3 Å². The summed E-state index contributed by atoms with van der Waals surface area (Å²) < 4.78 is 5.50. The minimum Gasteiger partial charge on any atom is -0.496 e. The van der Waals surface area contributed by atoms with Crippen molar-refractivity contribution >= 4 is 27.6 Å². The number of aromatic nitrogens is 2. The quantitative estimate of drug-likeness (QED) is 0.611.